The number of hydrogen-bond donors (Lipinski definition) is 0. The van der Waals surface area contributed by atoms with Gasteiger partial charge in [-0.25, -0.2) is 5.26 Å². The summed E-state index contributed by atoms with van der Waals surface area (Å²) in [5.41, 5.74) is 0. The highest BCUT2D eigenvalue weighted by Crippen LogP contribution is 2.34. The Morgan fingerprint density at radius 3 is 1.00 bits per heavy atom. The number of hydrogen-bond acceptors (Lipinski definition) is 1. The minimum Gasteiger partial charge on any atom is -0.315 e. The largest absolute Gasteiger partial charge is 0.315 e. The average molecular weight is 279 g/mol. The third-order valence-corrected chi connectivity index (χ3v) is 5.42. The smallest absolute Gasteiger partial charge is 0.229 e. The molecule has 0 aromatic carbocycles. The first-order valence-electron chi connectivity index (χ1n) is 8.32. The Kier molecular flexibility index (Phi) is 12.2. The molecular weight excluding hydrogens is 243 g/mol. The Bertz CT molecular complexity index is 227. The molecule has 116 valence electrons. The maximum atomic E-state index is 7.10. The van der Waals surface area contributed by atoms with Crippen molar-refractivity contribution in [2.75, 3.05) is 0 Å². The standard InChI is InChI=1S/C16H36N.CBN/c1-9-13(5)17(14(6)10-2,15(7)11-3)16(8)12-4;2-1-3/h13-16H,9-12H2,1-8H3;/q+1;. The Balaban J connectivity index is 0. The van der Waals surface area contributed by atoms with Crippen molar-refractivity contribution < 1.29 is 4.48 Å². The zero-order valence-corrected chi connectivity index (χ0v) is 15.1. The molecule has 0 rings (SSSR count). The summed E-state index contributed by atoms with van der Waals surface area (Å²) in [6.45, 7) is 19.3. The number of nitriles is 1. The SMILES string of the molecule is CCC(C)[N+](C(C)CC)(C(C)CC)C(C)CC.[B]C#N. The van der Waals surface area contributed by atoms with Gasteiger partial charge in [0.1, 0.15) is 0 Å². The summed E-state index contributed by atoms with van der Waals surface area (Å²) in [6, 6.07) is 3.09. The molecule has 0 saturated carbocycles. The second-order valence-electron chi connectivity index (χ2n) is 6.05. The molecule has 4 unspecified atom stereocenters. The zero-order valence-electron chi connectivity index (χ0n) is 15.1. The van der Waals surface area contributed by atoms with Crippen LogP contribution in [0.4, 0.5) is 0 Å². The van der Waals surface area contributed by atoms with Gasteiger partial charge in [0.2, 0.25) is 7.85 Å². The molecule has 0 aliphatic rings. The quantitative estimate of drug-likeness (QED) is 0.469. The van der Waals surface area contributed by atoms with E-state index in [4.69, 9.17) is 5.26 Å². The van der Waals surface area contributed by atoms with Gasteiger partial charge in [-0.15, -0.1) is 0 Å². The summed E-state index contributed by atoms with van der Waals surface area (Å²) in [6.07, 6.45) is 5.16. The molecule has 2 nitrogen and oxygen atoms in total. The van der Waals surface area contributed by atoms with Crippen LogP contribution in [0.1, 0.15) is 81.1 Å². The van der Waals surface area contributed by atoms with Crippen molar-refractivity contribution >= 4 is 7.85 Å². The Hall–Kier alpha value is -0.485. The van der Waals surface area contributed by atoms with Gasteiger partial charge in [-0.05, 0) is 59.3 Å². The Morgan fingerprint density at radius 2 is 0.900 bits per heavy atom. The molecule has 0 aliphatic carbocycles. The molecule has 0 aromatic rings. The lowest BCUT2D eigenvalue weighted by atomic mass is 9.93. The molecule has 0 aromatic heterocycles. The van der Waals surface area contributed by atoms with E-state index in [9.17, 15) is 0 Å². The van der Waals surface area contributed by atoms with E-state index < -0.39 is 0 Å². The molecule has 3 heteroatoms. The van der Waals surface area contributed by atoms with Gasteiger partial charge in [0.25, 0.3) is 0 Å². The van der Waals surface area contributed by atoms with Crippen LogP contribution in [-0.2, 0) is 0 Å². The lowest BCUT2D eigenvalue weighted by Crippen LogP contribution is -2.68. The third-order valence-electron chi connectivity index (χ3n) is 5.42. The maximum Gasteiger partial charge on any atom is 0.229 e. The molecule has 2 radical (unpaired) electrons. The fraction of sp³-hybridized carbons (Fsp3) is 0.941. The fourth-order valence-corrected chi connectivity index (χ4v) is 3.87. The summed E-state index contributed by atoms with van der Waals surface area (Å²) < 4.78 is 1.32. The predicted molar refractivity (Wildman–Crippen MR) is 90.6 cm³/mol. The van der Waals surface area contributed by atoms with Crippen molar-refractivity contribution in [1.29, 1.82) is 5.26 Å². The maximum absolute atomic E-state index is 7.10. The van der Waals surface area contributed by atoms with Crippen LogP contribution in [0, 0.1) is 11.2 Å². The van der Waals surface area contributed by atoms with E-state index in [1.807, 2.05) is 0 Å². The van der Waals surface area contributed by atoms with Crippen LogP contribution >= 0.6 is 0 Å². The molecule has 0 aliphatic heterocycles. The molecule has 0 saturated heterocycles. The van der Waals surface area contributed by atoms with E-state index in [2.05, 4.69) is 63.2 Å². The number of quaternary nitrogens is 1. The van der Waals surface area contributed by atoms with Crippen LogP contribution in [0.5, 0.6) is 0 Å². The van der Waals surface area contributed by atoms with Crippen LogP contribution in [0.15, 0.2) is 0 Å². The fourth-order valence-electron chi connectivity index (χ4n) is 3.87. The van der Waals surface area contributed by atoms with E-state index in [-0.39, 0.29) is 0 Å². The van der Waals surface area contributed by atoms with E-state index in [1.165, 1.54) is 36.1 Å². The van der Waals surface area contributed by atoms with Gasteiger partial charge in [-0.1, -0.05) is 27.7 Å². The van der Waals surface area contributed by atoms with Crippen molar-refractivity contribution in [2.24, 2.45) is 0 Å². The van der Waals surface area contributed by atoms with E-state index in [0.29, 0.717) is 0 Å². The summed E-state index contributed by atoms with van der Waals surface area (Å²) in [5, 5.41) is 7.10. The van der Waals surface area contributed by atoms with Crippen LogP contribution in [0.25, 0.3) is 0 Å². The second-order valence-corrected chi connectivity index (χ2v) is 6.05. The average Bonchev–Trinajstić information content (AvgIpc) is 2.47. The van der Waals surface area contributed by atoms with Crippen molar-refractivity contribution in [3.8, 4) is 5.97 Å². The normalized spacial score (nSPS) is 19.6. The Morgan fingerprint density at radius 1 is 0.750 bits per heavy atom. The molecule has 4 atom stereocenters. The molecule has 0 heterocycles. The molecule has 0 amide bonds. The molecular formula is C17H36BN2+. The summed E-state index contributed by atoms with van der Waals surface area (Å²) in [4.78, 5) is 0. The van der Waals surface area contributed by atoms with Crippen molar-refractivity contribution in [3.05, 3.63) is 0 Å². The van der Waals surface area contributed by atoms with Crippen LogP contribution in [-0.4, -0.2) is 36.5 Å². The van der Waals surface area contributed by atoms with Crippen molar-refractivity contribution in [2.45, 2.75) is 105 Å². The van der Waals surface area contributed by atoms with Gasteiger partial charge < -0.3 is 4.48 Å². The molecule has 0 bridgehead atoms. The summed E-state index contributed by atoms with van der Waals surface area (Å²) in [5.74, 6) is 1.25. The minimum absolute atomic E-state index is 0.773. The highest BCUT2D eigenvalue weighted by atomic mass is 15.4. The van der Waals surface area contributed by atoms with Crippen LogP contribution in [0.3, 0.4) is 0 Å². The lowest BCUT2D eigenvalue weighted by molar-refractivity contribution is -1.01. The van der Waals surface area contributed by atoms with E-state index in [0.717, 1.165) is 24.2 Å². The lowest BCUT2D eigenvalue weighted by Gasteiger charge is -2.55. The first kappa shape index (κ1) is 21.8. The van der Waals surface area contributed by atoms with E-state index >= 15 is 0 Å². The molecule has 0 fully saturated rings. The predicted octanol–water partition coefficient (Wildman–Crippen LogP) is 4.63. The van der Waals surface area contributed by atoms with Crippen LogP contribution in [0.2, 0.25) is 0 Å². The first-order chi connectivity index (χ1) is 9.34. The molecule has 0 spiro atoms. The Labute approximate surface area is 129 Å². The van der Waals surface area contributed by atoms with Gasteiger partial charge >= 0.3 is 0 Å². The topological polar surface area (TPSA) is 23.8 Å². The third kappa shape index (κ3) is 4.81. The highest BCUT2D eigenvalue weighted by molar-refractivity contribution is 6.20. The van der Waals surface area contributed by atoms with E-state index in [1.54, 1.807) is 0 Å². The van der Waals surface area contributed by atoms with Gasteiger partial charge in [-0.2, -0.15) is 0 Å². The first-order valence-corrected chi connectivity index (χ1v) is 8.32. The summed E-state index contributed by atoms with van der Waals surface area (Å²) >= 11 is 0. The minimum atomic E-state index is 0.773. The second kappa shape index (κ2) is 11.2. The van der Waals surface area contributed by atoms with Crippen molar-refractivity contribution in [3.63, 3.8) is 0 Å². The number of rotatable bonds is 8. The summed E-state index contributed by atoms with van der Waals surface area (Å²) in [7, 11) is 4.15. The number of nitrogens with zero attached hydrogens (tertiary/aromatic N) is 2. The van der Waals surface area contributed by atoms with Gasteiger partial charge in [-0.3, -0.25) is 0 Å². The molecule has 0 N–H and O–H groups in total. The van der Waals surface area contributed by atoms with Gasteiger partial charge in [0.15, 0.2) is 0 Å². The monoisotopic (exact) mass is 279 g/mol. The van der Waals surface area contributed by atoms with Crippen molar-refractivity contribution in [1.82, 2.24) is 0 Å². The zero-order chi connectivity index (χ0) is 16.3. The van der Waals surface area contributed by atoms with Gasteiger partial charge in [0.05, 0.1) is 24.2 Å². The van der Waals surface area contributed by atoms with Gasteiger partial charge in [0, 0.05) is 0 Å². The molecule has 20 heavy (non-hydrogen) atoms. The highest BCUT2D eigenvalue weighted by Gasteiger charge is 2.45. The van der Waals surface area contributed by atoms with Crippen LogP contribution < -0.4 is 0 Å².